The second-order valence-corrected chi connectivity index (χ2v) is 5.24. The van der Waals surface area contributed by atoms with E-state index in [2.05, 4.69) is 36.4 Å². The molecule has 0 spiro atoms. The summed E-state index contributed by atoms with van der Waals surface area (Å²) in [6.07, 6.45) is 2.32. The molecule has 2 N–H and O–H groups in total. The zero-order valence-electron chi connectivity index (χ0n) is 9.29. The third-order valence-electron chi connectivity index (χ3n) is 2.14. The first-order chi connectivity index (χ1) is 7.09. The van der Waals surface area contributed by atoms with Gasteiger partial charge in [0, 0.05) is 5.69 Å². The smallest absolute Gasteiger partial charge is 0.132 e. The van der Waals surface area contributed by atoms with Crippen LogP contribution in [-0.4, -0.2) is 6.61 Å². The number of nitrogen functional groups attached to an aromatic ring is 1. The normalized spacial score (nSPS) is 10.7. The number of benzene rings is 1. The van der Waals surface area contributed by atoms with E-state index >= 15 is 0 Å². The Morgan fingerprint density at radius 2 is 2.13 bits per heavy atom. The van der Waals surface area contributed by atoms with E-state index in [1.54, 1.807) is 0 Å². The van der Waals surface area contributed by atoms with Crippen molar-refractivity contribution in [2.45, 2.75) is 26.7 Å². The van der Waals surface area contributed by atoms with Crippen molar-refractivity contribution in [1.29, 1.82) is 0 Å². The Labute approximate surface area is 105 Å². The predicted octanol–water partition coefficient (Wildman–Crippen LogP) is 3.69. The number of anilines is 1. The second kappa shape index (κ2) is 6.20. The minimum atomic E-state index is 0.749. The molecule has 0 atom stereocenters. The predicted molar refractivity (Wildman–Crippen MR) is 73.1 cm³/mol. The molecule has 0 radical (unpaired) electrons. The van der Waals surface area contributed by atoms with Gasteiger partial charge in [0.2, 0.25) is 0 Å². The molecule has 0 aliphatic heterocycles. The molecule has 1 aromatic rings. The minimum absolute atomic E-state index is 0.749. The first-order valence-corrected chi connectivity index (χ1v) is 6.35. The highest BCUT2D eigenvalue weighted by molar-refractivity contribution is 14.1. The second-order valence-electron chi connectivity index (χ2n) is 4.07. The summed E-state index contributed by atoms with van der Waals surface area (Å²) in [6.45, 7) is 5.25. The number of rotatable bonds is 5. The minimum Gasteiger partial charge on any atom is -0.492 e. The third-order valence-corrected chi connectivity index (χ3v) is 2.98. The molecule has 0 bridgehead atoms. The van der Waals surface area contributed by atoms with Gasteiger partial charge >= 0.3 is 0 Å². The van der Waals surface area contributed by atoms with Crippen LogP contribution in [0.2, 0.25) is 0 Å². The van der Waals surface area contributed by atoms with Crippen molar-refractivity contribution in [2.24, 2.45) is 5.92 Å². The molecule has 15 heavy (non-hydrogen) atoms. The van der Waals surface area contributed by atoms with Crippen LogP contribution in [0.25, 0.3) is 0 Å². The largest absolute Gasteiger partial charge is 0.492 e. The van der Waals surface area contributed by atoms with Crippen molar-refractivity contribution in [1.82, 2.24) is 0 Å². The van der Waals surface area contributed by atoms with E-state index in [1.807, 2.05) is 18.2 Å². The number of ether oxygens (including phenoxy) is 1. The highest BCUT2D eigenvalue weighted by Gasteiger charge is 2.01. The number of nitrogens with two attached hydrogens (primary N) is 1. The molecule has 0 aliphatic carbocycles. The fourth-order valence-electron chi connectivity index (χ4n) is 1.31. The van der Waals surface area contributed by atoms with Crippen LogP contribution in [0, 0.1) is 9.49 Å². The first-order valence-electron chi connectivity index (χ1n) is 5.27. The van der Waals surface area contributed by atoms with E-state index in [0.29, 0.717) is 0 Å². The van der Waals surface area contributed by atoms with Crippen molar-refractivity contribution in [3.05, 3.63) is 21.8 Å². The molecule has 0 fully saturated rings. The highest BCUT2D eigenvalue weighted by Crippen LogP contribution is 2.23. The molecule has 1 rings (SSSR count). The monoisotopic (exact) mass is 319 g/mol. The number of hydrogen-bond acceptors (Lipinski definition) is 2. The number of halogens is 1. The van der Waals surface area contributed by atoms with E-state index in [1.165, 1.54) is 6.42 Å². The summed E-state index contributed by atoms with van der Waals surface area (Å²) >= 11 is 2.25. The van der Waals surface area contributed by atoms with Crippen LogP contribution in [0.15, 0.2) is 18.2 Å². The number of hydrogen-bond donors (Lipinski definition) is 1. The van der Waals surface area contributed by atoms with Gasteiger partial charge in [0.05, 0.1) is 10.2 Å². The van der Waals surface area contributed by atoms with Crippen LogP contribution in [0.3, 0.4) is 0 Å². The van der Waals surface area contributed by atoms with Crippen LogP contribution in [0.5, 0.6) is 5.75 Å². The summed E-state index contributed by atoms with van der Waals surface area (Å²) in [4.78, 5) is 0. The molecule has 1 aromatic carbocycles. The average molecular weight is 319 g/mol. The van der Waals surface area contributed by atoms with Gasteiger partial charge < -0.3 is 10.5 Å². The molecule has 0 saturated carbocycles. The molecule has 0 aromatic heterocycles. The molecule has 0 saturated heterocycles. The van der Waals surface area contributed by atoms with Crippen molar-refractivity contribution >= 4 is 28.3 Å². The van der Waals surface area contributed by atoms with E-state index < -0.39 is 0 Å². The van der Waals surface area contributed by atoms with Gasteiger partial charge in [0.15, 0.2) is 0 Å². The van der Waals surface area contributed by atoms with Gasteiger partial charge in [-0.2, -0.15) is 0 Å². The average Bonchev–Trinajstić information content (AvgIpc) is 2.14. The van der Waals surface area contributed by atoms with Crippen LogP contribution < -0.4 is 10.5 Å². The molecule has 0 unspecified atom stereocenters. The summed E-state index contributed by atoms with van der Waals surface area (Å²) < 4.78 is 6.76. The van der Waals surface area contributed by atoms with Crippen molar-refractivity contribution in [2.75, 3.05) is 12.3 Å². The lowest BCUT2D eigenvalue weighted by Gasteiger charge is -2.09. The van der Waals surface area contributed by atoms with E-state index in [0.717, 1.165) is 34.0 Å². The van der Waals surface area contributed by atoms with Crippen molar-refractivity contribution in [3.8, 4) is 5.75 Å². The summed E-state index contributed by atoms with van der Waals surface area (Å²) in [7, 11) is 0. The van der Waals surface area contributed by atoms with Gasteiger partial charge in [-0.25, -0.2) is 0 Å². The maximum atomic E-state index is 5.68. The first kappa shape index (κ1) is 12.6. The van der Waals surface area contributed by atoms with E-state index in [9.17, 15) is 0 Å². The van der Waals surface area contributed by atoms with Gasteiger partial charge in [0.1, 0.15) is 5.75 Å². The molecular formula is C12H18INO. The quantitative estimate of drug-likeness (QED) is 0.510. The summed E-state index contributed by atoms with van der Waals surface area (Å²) in [6, 6.07) is 5.74. The Morgan fingerprint density at radius 1 is 1.40 bits per heavy atom. The molecule has 3 heteroatoms. The molecule has 2 nitrogen and oxygen atoms in total. The summed E-state index contributed by atoms with van der Waals surface area (Å²) in [5, 5.41) is 0. The van der Waals surface area contributed by atoms with Crippen LogP contribution in [-0.2, 0) is 0 Å². The van der Waals surface area contributed by atoms with Crippen molar-refractivity contribution in [3.63, 3.8) is 0 Å². The van der Waals surface area contributed by atoms with Crippen molar-refractivity contribution < 1.29 is 4.74 Å². The third kappa shape index (κ3) is 4.73. The van der Waals surface area contributed by atoms with Gasteiger partial charge in [0.25, 0.3) is 0 Å². The Kier molecular flexibility index (Phi) is 5.22. The zero-order chi connectivity index (χ0) is 11.3. The molecule has 84 valence electrons. The zero-order valence-corrected chi connectivity index (χ0v) is 11.5. The highest BCUT2D eigenvalue weighted by atomic mass is 127. The lowest BCUT2D eigenvalue weighted by molar-refractivity contribution is 0.296. The lowest BCUT2D eigenvalue weighted by Crippen LogP contribution is -2.01. The maximum absolute atomic E-state index is 5.68. The Bertz CT molecular complexity index is 312. The molecular weight excluding hydrogens is 301 g/mol. The maximum Gasteiger partial charge on any atom is 0.132 e. The summed E-state index contributed by atoms with van der Waals surface area (Å²) in [5.41, 5.74) is 6.45. The fourth-order valence-corrected chi connectivity index (χ4v) is 2.00. The SMILES string of the molecule is CC(C)CCCOc1ccc(N)cc1I. The van der Waals surface area contributed by atoms with Gasteiger partial charge in [-0.3, -0.25) is 0 Å². The molecule has 0 amide bonds. The Hall–Kier alpha value is -0.450. The standard InChI is InChI=1S/C12H18INO/c1-9(2)4-3-7-15-12-6-5-10(14)8-11(12)13/h5-6,8-9H,3-4,7,14H2,1-2H3. The van der Waals surface area contributed by atoms with E-state index in [-0.39, 0.29) is 0 Å². The van der Waals surface area contributed by atoms with Gasteiger partial charge in [-0.05, 0) is 59.5 Å². The van der Waals surface area contributed by atoms with Crippen LogP contribution in [0.1, 0.15) is 26.7 Å². The summed E-state index contributed by atoms with van der Waals surface area (Å²) in [5.74, 6) is 1.69. The molecule has 0 heterocycles. The van der Waals surface area contributed by atoms with E-state index in [4.69, 9.17) is 10.5 Å². The van der Waals surface area contributed by atoms with Crippen LogP contribution >= 0.6 is 22.6 Å². The Balaban J connectivity index is 2.37. The van der Waals surface area contributed by atoms with Gasteiger partial charge in [-0.1, -0.05) is 13.8 Å². The van der Waals surface area contributed by atoms with Gasteiger partial charge in [-0.15, -0.1) is 0 Å². The fraction of sp³-hybridized carbons (Fsp3) is 0.500. The lowest BCUT2D eigenvalue weighted by atomic mass is 10.1. The molecule has 0 aliphatic rings. The topological polar surface area (TPSA) is 35.2 Å². The van der Waals surface area contributed by atoms with Crippen LogP contribution in [0.4, 0.5) is 5.69 Å². The Morgan fingerprint density at radius 3 is 2.73 bits per heavy atom.